The number of carbonyl (C=O) groups excluding carboxylic acids is 6. The first-order valence-electron chi connectivity index (χ1n) is 3.04. The van der Waals surface area contributed by atoms with Crippen LogP contribution in [0.1, 0.15) is 0 Å². The molecule has 0 bridgehead atoms. The summed E-state index contributed by atoms with van der Waals surface area (Å²) in [6, 6.07) is 0. The smallest absolute Gasteiger partial charge is 0.541 e. The Labute approximate surface area is 158 Å². The first-order chi connectivity index (χ1) is 7.11. The zero-order chi connectivity index (χ0) is 13.5. The van der Waals surface area contributed by atoms with Gasteiger partial charge in [0, 0.05) is 0 Å². The summed E-state index contributed by atoms with van der Waals surface area (Å²) in [6.45, 7) is 0. The Morgan fingerprint density at radius 1 is 0.444 bits per heavy atom. The van der Waals surface area contributed by atoms with Crippen LogP contribution in [0.15, 0.2) is 0 Å². The molecule has 0 saturated heterocycles. The van der Waals surface area contributed by atoms with Gasteiger partial charge in [-0.05, 0) is 0 Å². The van der Waals surface area contributed by atoms with E-state index in [1.165, 1.54) is 0 Å². The third-order valence-corrected chi connectivity index (χ3v) is 0.742. The third-order valence-electron chi connectivity index (χ3n) is 0.742. The molecular formula is C6Ca2O10. The summed E-state index contributed by atoms with van der Waals surface area (Å²) >= 11 is 0. The molecule has 0 spiro atoms. The van der Waals surface area contributed by atoms with Crippen molar-refractivity contribution in [1.82, 2.24) is 0 Å². The van der Waals surface area contributed by atoms with Crippen molar-refractivity contribution in [3.8, 4) is 0 Å². The van der Waals surface area contributed by atoms with Gasteiger partial charge in [-0.1, -0.05) is 0 Å². The molecule has 0 aromatic rings. The number of carbonyl (C=O) groups is 6. The monoisotopic (exact) mass is 312 g/mol. The van der Waals surface area contributed by atoms with E-state index in [0.29, 0.717) is 0 Å². The van der Waals surface area contributed by atoms with Crippen LogP contribution >= 0.6 is 0 Å². The van der Waals surface area contributed by atoms with Crippen molar-refractivity contribution in [2.45, 2.75) is 0 Å². The van der Waals surface area contributed by atoms with Gasteiger partial charge in [-0.25, -0.2) is 0 Å². The minimum absolute atomic E-state index is 0. The Kier molecular flexibility index (Phi) is 19.3. The molecule has 0 N–H and O–H groups in total. The van der Waals surface area contributed by atoms with Crippen LogP contribution < -0.4 is 20.4 Å². The van der Waals surface area contributed by atoms with Crippen LogP contribution in [0.2, 0.25) is 0 Å². The zero-order valence-electron chi connectivity index (χ0n) is 8.50. The molecule has 0 heterocycles. The molecule has 0 aliphatic carbocycles. The predicted molar refractivity (Wildman–Crippen MR) is 41.5 cm³/mol. The topological polar surface area (TPSA) is 195 Å². The number of aliphatic carboxylic acids is 4. The van der Waals surface area contributed by atoms with Crippen LogP contribution in [0.5, 0.6) is 0 Å². The van der Waals surface area contributed by atoms with Crippen molar-refractivity contribution in [2.24, 2.45) is 0 Å². The second kappa shape index (κ2) is 13.2. The van der Waals surface area contributed by atoms with Gasteiger partial charge in [-0.15, -0.1) is 0 Å². The molecular weight excluding hydrogens is 312 g/mol. The van der Waals surface area contributed by atoms with Gasteiger partial charge in [0.1, 0.15) is 23.9 Å². The van der Waals surface area contributed by atoms with Crippen LogP contribution in [0.4, 0.5) is 0 Å². The van der Waals surface area contributed by atoms with Gasteiger partial charge in [-0.2, -0.15) is 0 Å². The summed E-state index contributed by atoms with van der Waals surface area (Å²) in [4.78, 5) is 56.1. The van der Waals surface area contributed by atoms with Crippen LogP contribution in [0.3, 0.4) is 0 Å². The Balaban J connectivity index is -0.0000000980. The minimum Gasteiger partial charge on any atom is -0.541 e. The maximum absolute atomic E-state index is 9.52. The predicted octanol–water partition coefficient (Wildman–Crippen LogP) is -8.65. The van der Waals surface area contributed by atoms with Gasteiger partial charge in [0.2, 0.25) is 11.6 Å². The number of ketones is 2. The molecule has 18 heavy (non-hydrogen) atoms. The van der Waals surface area contributed by atoms with E-state index in [9.17, 15) is 49.2 Å². The molecule has 0 radical (unpaired) electrons. The van der Waals surface area contributed by atoms with Crippen molar-refractivity contribution in [3.63, 3.8) is 0 Å². The molecule has 0 aliphatic rings. The van der Waals surface area contributed by atoms with Crippen LogP contribution in [-0.2, 0) is 28.8 Å². The zero-order valence-corrected chi connectivity index (χ0v) is 12.9. The number of rotatable bonds is 4. The molecule has 10 nitrogen and oxygen atoms in total. The molecule has 0 aromatic heterocycles. The van der Waals surface area contributed by atoms with E-state index in [4.69, 9.17) is 0 Å². The maximum Gasteiger partial charge on any atom is 2.00 e. The van der Waals surface area contributed by atoms with E-state index in [1.807, 2.05) is 0 Å². The van der Waals surface area contributed by atoms with Crippen molar-refractivity contribution >= 4 is 111 Å². The summed E-state index contributed by atoms with van der Waals surface area (Å²) in [6.07, 6.45) is 0. The fraction of sp³-hybridized carbons (Fsp3) is 0. The van der Waals surface area contributed by atoms with Gasteiger partial charge in [0.05, 0.1) is 0 Å². The third kappa shape index (κ3) is 13.8. The number of hydrogen-bond acceptors (Lipinski definition) is 10. The maximum atomic E-state index is 9.52. The van der Waals surface area contributed by atoms with Gasteiger partial charge in [-0.3, -0.25) is 9.59 Å². The minimum atomic E-state index is -2.26. The van der Waals surface area contributed by atoms with E-state index < -0.39 is 35.4 Å². The fourth-order valence-corrected chi connectivity index (χ4v) is 0.167. The summed E-state index contributed by atoms with van der Waals surface area (Å²) in [5.41, 5.74) is 0. The van der Waals surface area contributed by atoms with Crippen LogP contribution in [0.25, 0.3) is 0 Å². The van der Waals surface area contributed by atoms with E-state index in [2.05, 4.69) is 0 Å². The standard InChI is InChI=1S/2C3H2O5.2Ca/c2*4-1(2(5)6)3(7)8;;/h2*(H,5,6)(H,7,8);;/q;;2*+2/p-4. The van der Waals surface area contributed by atoms with Gasteiger partial charge >= 0.3 is 75.5 Å². The van der Waals surface area contributed by atoms with E-state index in [1.54, 1.807) is 0 Å². The molecule has 0 atom stereocenters. The number of carboxylic acid groups (broad SMARTS) is 4. The summed E-state index contributed by atoms with van der Waals surface area (Å²) in [7, 11) is 0. The molecule has 88 valence electrons. The summed E-state index contributed by atoms with van der Waals surface area (Å²) in [5.74, 6) is -13.1. The molecule has 0 fully saturated rings. The number of carboxylic acids is 4. The summed E-state index contributed by atoms with van der Waals surface area (Å²) in [5, 5.41) is 37.0. The Morgan fingerprint density at radius 3 is 0.556 bits per heavy atom. The number of Topliss-reactive ketones (excluding diaryl/α,β-unsaturated/α-hetero) is 2. The van der Waals surface area contributed by atoms with Gasteiger partial charge in [0.25, 0.3) is 0 Å². The largest absolute Gasteiger partial charge is 2.00 e. The average molecular weight is 312 g/mol. The molecule has 12 heteroatoms. The van der Waals surface area contributed by atoms with Crippen molar-refractivity contribution < 1.29 is 49.2 Å². The SMILES string of the molecule is O=C([O-])C(=O)C(=O)[O-].O=C([O-])C(=O)C(=O)[O-].[Ca+2].[Ca+2]. The van der Waals surface area contributed by atoms with E-state index >= 15 is 0 Å². The molecule has 0 saturated carbocycles. The summed E-state index contributed by atoms with van der Waals surface area (Å²) < 4.78 is 0. The van der Waals surface area contributed by atoms with E-state index in [0.717, 1.165) is 0 Å². The Bertz CT molecular complexity index is 305. The van der Waals surface area contributed by atoms with Crippen LogP contribution in [-0.4, -0.2) is 111 Å². The second-order valence-electron chi connectivity index (χ2n) is 1.81. The molecule has 0 rings (SSSR count). The normalized spacial score (nSPS) is 7.11. The average Bonchev–Trinajstić information content (AvgIpc) is 2.15. The number of hydrogen-bond donors (Lipinski definition) is 0. The fourth-order valence-electron chi connectivity index (χ4n) is 0.167. The van der Waals surface area contributed by atoms with Crippen molar-refractivity contribution in [1.29, 1.82) is 0 Å². The van der Waals surface area contributed by atoms with Gasteiger partial charge < -0.3 is 39.6 Å². The van der Waals surface area contributed by atoms with Gasteiger partial charge in [0.15, 0.2) is 0 Å². The molecule has 0 aromatic carbocycles. The van der Waals surface area contributed by atoms with Crippen molar-refractivity contribution in [2.75, 3.05) is 0 Å². The molecule has 0 aliphatic heterocycles. The Hall–Kier alpha value is -0.261. The Morgan fingerprint density at radius 2 is 0.556 bits per heavy atom. The van der Waals surface area contributed by atoms with E-state index in [-0.39, 0.29) is 75.5 Å². The van der Waals surface area contributed by atoms with Crippen molar-refractivity contribution in [3.05, 3.63) is 0 Å². The molecule has 0 amide bonds. The first-order valence-corrected chi connectivity index (χ1v) is 3.04. The second-order valence-corrected chi connectivity index (χ2v) is 1.81. The van der Waals surface area contributed by atoms with Crippen LogP contribution in [0, 0.1) is 0 Å². The first kappa shape index (κ1) is 26.3. The molecule has 0 unspecified atom stereocenters. The quantitative estimate of drug-likeness (QED) is 0.273.